The number of hydrogen-bond donors (Lipinski definition) is 2. The predicted octanol–water partition coefficient (Wildman–Crippen LogP) is 1.69. The van der Waals surface area contributed by atoms with Crippen molar-refractivity contribution >= 4 is 11.7 Å². The van der Waals surface area contributed by atoms with Crippen LogP contribution in [-0.4, -0.2) is 33.9 Å². The number of carbonyl (C=O) groups excluding carboxylic acids is 1. The maximum Gasteiger partial charge on any atom is 0.270 e. The average molecular weight is 309 g/mol. The molecule has 2 aromatic rings. The molecule has 1 aliphatic heterocycles. The first-order valence-electron chi connectivity index (χ1n) is 8.13. The average Bonchev–Trinajstić information content (AvgIpc) is 3.41. The summed E-state index contributed by atoms with van der Waals surface area (Å²) in [4.78, 5) is 25.4. The molecular weight excluding hydrogens is 290 g/mol. The van der Waals surface area contributed by atoms with Gasteiger partial charge in [0.1, 0.15) is 17.3 Å². The van der Waals surface area contributed by atoms with Crippen molar-refractivity contribution in [1.82, 2.24) is 20.3 Å². The summed E-state index contributed by atoms with van der Waals surface area (Å²) in [6.07, 6.45) is 7.54. The molecule has 1 fully saturated rings. The van der Waals surface area contributed by atoms with E-state index >= 15 is 0 Å². The van der Waals surface area contributed by atoms with Crippen LogP contribution in [0.1, 0.15) is 46.2 Å². The highest BCUT2D eigenvalue weighted by Crippen LogP contribution is 2.39. The van der Waals surface area contributed by atoms with Gasteiger partial charge in [0.2, 0.25) is 0 Å². The topological polar surface area (TPSA) is 79.8 Å². The lowest BCUT2D eigenvalue weighted by Gasteiger charge is -2.20. The van der Waals surface area contributed by atoms with Crippen LogP contribution in [0.5, 0.6) is 0 Å². The Morgan fingerprint density at radius 1 is 1.30 bits per heavy atom. The smallest absolute Gasteiger partial charge is 0.270 e. The van der Waals surface area contributed by atoms with E-state index in [1.54, 1.807) is 6.20 Å². The molecule has 118 valence electrons. The zero-order valence-electron chi connectivity index (χ0n) is 12.9. The Kier molecular flexibility index (Phi) is 3.65. The molecule has 1 aliphatic carbocycles. The molecule has 0 bridgehead atoms. The van der Waals surface area contributed by atoms with Gasteiger partial charge in [-0.3, -0.25) is 9.78 Å². The van der Waals surface area contributed by atoms with Crippen molar-refractivity contribution in [3.63, 3.8) is 0 Å². The van der Waals surface area contributed by atoms with Crippen LogP contribution in [0.25, 0.3) is 0 Å². The number of carbonyl (C=O) groups is 1. The molecule has 0 saturated heterocycles. The molecule has 1 amide bonds. The van der Waals surface area contributed by atoms with Crippen molar-refractivity contribution in [3.8, 4) is 0 Å². The van der Waals surface area contributed by atoms with Crippen molar-refractivity contribution < 1.29 is 4.79 Å². The van der Waals surface area contributed by atoms with Gasteiger partial charge in [-0.2, -0.15) is 0 Å². The molecule has 6 heteroatoms. The van der Waals surface area contributed by atoms with Gasteiger partial charge in [0, 0.05) is 37.0 Å². The Labute approximate surface area is 134 Å². The quantitative estimate of drug-likeness (QED) is 0.878. The van der Waals surface area contributed by atoms with Crippen LogP contribution in [0.15, 0.2) is 24.5 Å². The summed E-state index contributed by atoms with van der Waals surface area (Å²) in [6.45, 7) is 1.41. The van der Waals surface area contributed by atoms with Gasteiger partial charge in [-0.25, -0.2) is 9.97 Å². The van der Waals surface area contributed by atoms with Gasteiger partial charge in [-0.1, -0.05) is 6.07 Å². The van der Waals surface area contributed by atoms with E-state index in [0.29, 0.717) is 18.2 Å². The monoisotopic (exact) mass is 309 g/mol. The molecule has 2 aromatic heterocycles. The molecule has 0 unspecified atom stereocenters. The van der Waals surface area contributed by atoms with E-state index in [9.17, 15) is 4.79 Å². The highest BCUT2D eigenvalue weighted by atomic mass is 16.1. The standard InChI is InChI=1S/C17H19N5O/c23-17-14-13(6-9-20-17)16(22-15(21-14)12-3-4-12)19-8-5-11-2-1-7-18-10-11/h1-2,7,10,12H,3-6,8-9H2,(H,20,23)(H,19,21,22). The number of rotatable bonds is 5. The fourth-order valence-corrected chi connectivity index (χ4v) is 2.85. The molecule has 1 saturated carbocycles. The van der Waals surface area contributed by atoms with Gasteiger partial charge in [0.05, 0.1) is 0 Å². The fourth-order valence-electron chi connectivity index (χ4n) is 2.85. The predicted molar refractivity (Wildman–Crippen MR) is 86.5 cm³/mol. The Morgan fingerprint density at radius 3 is 3.00 bits per heavy atom. The summed E-state index contributed by atoms with van der Waals surface area (Å²) in [5.74, 6) is 1.99. The number of nitrogens with one attached hydrogen (secondary N) is 2. The molecule has 2 aliphatic rings. The minimum atomic E-state index is -0.0779. The normalized spacial score (nSPS) is 16.6. The number of nitrogens with zero attached hydrogens (tertiary/aromatic N) is 3. The number of anilines is 1. The molecule has 2 N–H and O–H groups in total. The second kappa shape index (κ2) is 5.95. The van der Waals surface area contributed by atoms with Crippen molar-refractivity contribution in [2.24, 2.45) is 0 Å². The van der Waals surface area contributed by atoms with Gasteiger partial charge < -0.3 is 10.6 Å². The van der Waals surface area contributed by atoms with E-state index in [-0.39, 0.29) is 5.91 Å². The molecule has 0 radical (unpaired) electrons. The second-order valence-electron chi connectivity index (χ2n) is 6.08. The molecular formula is C17H19N5O. The second-order valence-corrected chi connectivity index (χ2v) is 6.08. The lowest BCUT2D eigenvalue weighted by Crippen LogP contribution is -2.34. The first-order valence-corrected chi connectivity index (χ1v) is 8.13. The van der Waals surface area contributed by atoms with Gasteiger partial charge in [0.25, 0.3) is 5.91 Å². The van der Waals surface area contributed by atoms with Gasteiger partial charge in [-0.05, 0) is 37.3 Å². The van der Waals surface area contributed by atoms with Gasteiger partial charge >= 0.3 is 0 Å². The molecule has 4 rings (SSSR count). The fraction of sp³-hybridized carbons (Fsp3) is 0.412. The Bertz CT molecular complexity index is 727. The van der Waals surface area contributed by atoms with E-state index in [4.69, 9.17) is 4.98 Å². The zero-order chi connectivity index (χ0) is 15.6. The number of aromatic nitrogens is 3. The third-order valence-electron chi connectivity index (χ3n) is 4.27. The number of hydrogen-bond acceptors (Lipinski definition) is 5. The lowest BCUT2D eigenvalue weighted by molar-refractivity contribution is 0.0940. The SMILES string of the molecule is O=C1NCCc2c(NCCc3cccnc3)nc(C3CC3)nc21. The van der Waals surface area contributed by atoms with Crippen LogP contribution >= 0.6 is 0 Å². The highest BCUT2D eigenvalue weighted by Gasteiger charge is 2.31. The molecule has 0 atom stereocenters. The minimum absolute atomic E-state index is 0.0779. The van der Waals surface area contributed by atoms with Gasteiger partial charge in [0.15, 0.2) is 0 Å². The van der Waals surface area contributed by atoms with Crippen LogP contribution < -0.4 is 10.6 Å². The van der Waals surface area contributed by atoms with E-state index in [0.717, 1.165) is 49.4 Å². The largest absolute Gasteiger partial charge is 0.369 e. The lowest BCUT2D eigenvalue weighted by atomic mass is 10.1. The molecule has 3 heterocycles. The van der Waals surface area contributed by atoms with Gasteiger partial charge in [-0.15, -0.1) is 0 Å². The first kappa shape index (κ1) is 14.1. The van der Waals surface area contributed by atoms with Crippen LogP contribution in [-0.2, 0) is 12.8 Å². The van der Waals surface area contributed by atoms with Crippen molar-refractivity contribution in [3.05, 3.63) is 47.2 Å². The Morgan fingerprint density at radius 2 is 2.22 bits per heavy atom. The highest BCUT2D eigenvalue weighted by molar-refractivity contribution is 5.96. The van der Waals surface area contributed by atoms with Crippen LogP contribution in [0.3, 0.4) is 0 Å². The summed E-state index contributed by atoms with van der Waals surface area (Å²) in [5, 5.41) is 6.27. The van der Waals surface area contributed by atoms with Crippen molar-refractivity contribution in [2.45, 2.75) is 31.6 Å². The van der Waals surface area contributed by atoms with E-state index in [2.05, 4.69) is 26.7 Å². The molecule has 0 spiro atoms. The molecule has 23 heavy (non-hydrogen) atoms. The summed E-state index contributed by atoms with van der Waals surface area (Å²) < 4.78 is 0. The van der Waals surface area contributed by atoms with Crippen LogP contribution in [0.2, 0.25) is 0 Å². The van der Waals surface area contributed by atoms with Crippen molar-refractivity contribution in [2.75, 3.05) is 18.4 Å². The molecule has 0 aromatic carbocycles. The summed E-state index contributed by atoms with van der Waals surface area (Å²) >= 11 is 0. The maximum absolute atomic E-state index is 12.1. The van der Waals surface area contributed by atoms with E-state index < -0.39 is 0 Å². The minimum Gasteiger partial charge on any atom is -0.369 e. The van der Waals surface area contributed by atoms with E-state index in [1.807, 2.05) is 12.3 Å². The molecule has 6 nitrogen and oxygen atoms in total. The van der Waals surface area contributed by atoms with Crippen LogP contribution in [0.4, 0.5) is 5.82 Å². The third-order valence-corrected chi connectivity index (χ3v) is 4.27. The summed E-state index contributed by atoms with van der Waals surface area (Å²) in [6, 6.07) is 4.00. The van der Waals surface area contributed by atoms with Crippen LogP contribution in [0, 0.1) is 0 Å². The van der Waals surface area contributed by atoms with Crippen molar-refractivity contribution in [1.29, 1.82) is 0 Å². The summed E-state index contributed by atoms with van der Waals surface area (Å²) in [7, 11) is 0. The summed E-state index contributed by atoms with van der Waals surface area (Å²) in [5.41, 5.74) is 2.68. The third kappa shape index (κ3) is 3.02. The first-order chi connectivity index (χ1) is 11.3. The number of pyridine rings is 1. The van der Waals surface area contributed by atoms with E-state index in [1.165, 1.54) is 5.56 Å². The Hall–Kier alpha value is -2.50. The zero-order valence-corrected chi connectivity index (χ0v) is 12.9. The maximum atomic E-state index is 12.1. The number of fused-ring (bicyclic) bond motifs is 1. The Balaban J connectivity index is 1.55. The number of amides is 1.